The number of aromatic carboxylic acids is 1. The monoisotopic (exact) mass is 412 g/mol. The van der Waals surface area contributed by atoms with Gasteiger partial charge in [-0.3, -0.25) is 4.98 Å². The molecular weight excluding hydrogens is 387 g/mol. The summed E-state index contributed by atoms with van der Waals surface area (Å²) in [5, 5.41) is 13.1. The number of carboxylic acid groups (broad SMARTS) is 1. The van der Waals surface area contributed by atoms with Gasteiger partial charge in [-0.25, -0.2) is 9.78 Å². The molecule has 2 heterocycles. The smallest absolute Gasteiger partial charge is 0.336 e. The second-order valence-corrected chi connectivity index (χ2v) is 6.66. The van der Waals surface area contributed by atoms with Crippen molar-refractivity contribution in [1.82, 2.24) is 9.97 Å². The molecule has 148 valence electrons. The molecule has 0 unspecified atom stereocenters. The zero-order chi connectivity index (χ0) is 18.0. The molecule has 0 aliphatic carbocycles. The Morgan fingerprint density at radius 3 is 2.37 bits per heavy atom. The Bertz CT molecular complexity index is 779. The normalized spacial score (nSPS) is 14.1. The topological polar surface area (TPSA) is 78.4 Å². The van der Waals surface area contributed by atoms with E-state index >= 15 is 0 Å². The van der Waals surface area contributed by atoms with Gasteiger partial charge in [0.15, 0.2) is 0 Å². The van der Waals surface area contributed by atoms with Gasteiger partial charge < -0.3 is 15.3 Å². The minimum Gasteiger partial charge on any atom is -0.478 e. The first-order chi connectivity index (χ1) is 12.0. The van der Waals surface area contributed by atoms with Crippen LogP contribution in [0.25, 0.3) is 0 Å². The molecule has 1 saturated heterocycles. The summed E-state index contributed by atoms with van der Waals surface area (Å²) in [6, 6.07) is 2.28. The summed E-state index contributed by atoms with van der Waals surface area (Å²) in [5.74, 6) is 0.0485. The van der Waals surface area contributed by atoms with E-state index < -0.39 is 5.97 Å². The summed E-state index contributed by atoms with van der Waals surface area (Å²) < 4.78 is 0. The van der Waals surface area contributed by atoms with Crippen molar-refractivity contribution in [2.75, 3.05) is 23.3 Å². The predicted molar refractivity (Wildman–Crippen MR) is 113 cm³/mol. The van der Waals surface area contributed by atoms with E-state index in [1.165, 1.54) is 0 Å². The molecule has 27 heavy (non-hydrogen) atoms. The number of anilines is 2. The molecule has 1 fully saturated rings. The van der Waals surface area contributed by atoms with Crippen molar-refractivity contribution in [3.63, 3.8) is 0 Å². The van der Waals surface area contributed by atoms with E-state index in [0.717, 1.165) is 54.1 Å². The van der Waals surface area contributed by atoms with Gasteiger partial charge in [-0.15, -0.1) is 24.8 Å². The highest BCUT2D eigenvalue weighted by atomic mass is 35.5. The van der Waals surface area contributed by atoms with Crippen molar-refractivity contribution in [3.8, 4) is 0 Å². The molecule has 1 aromatic heterocycles. The van der Waals surface area contributed by atoms with Crippen LogP contribution in [0.1, 0.15) is 39.9 Å². The number of rotatable bonds is 4. The Morgan fingerprint density at radius 1 is 1.15 bits per heavy atom. The Balaban J connectivity index is 0.00000182. The van der Waals surface area contributed by atoms with Gasteiger partial charge in [0.1, 0.15) is 5.82 Å². The highest BCUT2D eigenvalue weighted by molar-refractivity contribution is 5.93. The zero-order valence-corrected chi connectivity index (χ0v) is 17.4. The molecule has 2 N–H and O–H groups in total. The van der Waals surface area contributed by atoms with Crippen LogP contribution in [-0.2, 0) is 0 Å². The maximum absolute atomic E-state index is 11.6. The lowest BCUT2D eigenvalue weighted by atomic mass is 9.95. The molecule has 0 bridgehead atoms. The van der Waals surface area contributed by atoms with E-state index in [9.17, 15) is 9.90 Å². The van der Waals surface area contributed by atoms with Crippen molar-refractivity contribution in [1.29, 1.82) is 0 Å². The van der Waals surface area contributed by atoms with Gasteiger partial charge in [-0.05, 0) is 50.3 Å². The van der Waals surface area contributed by atoms with E-state index in [0.29, 0.717) is 11.6 Å². The number of carbonyl (C=O) groups is 1. The van der Waals surface area contributed by atoms with Crippen molar-refractivity contribution in [3.05, 3.63) is 46.9 Å². The van der Waals surface area contributed by atoms with E-state index in [1.54, 1.807) is 18.6 Å². The fourth-order valence-corrected chi connectivity index (χ4v) is 3.65. The quantitative estimate of drug-likeness (QED) is 0.788. The molecule has 1 aliphatic rings. The van der Waals surface area contributed by atoms with Crippen LogP contribution in [0.4, 0.5) is 11.5 Å². The second kappa shape index (κ2) is 9.76. The lowest BCUT2D eigenvalue weighted by Crippen LogP contribution is -2.39. The van der Waals surface area contributed by atoms with Gasteiger partial charge in [-0.2, -0.15) is 0 Å². The number of halogens is 2. The van der Waals surface area contributed by atoms with Crippen LogP contribution in [0.5, 0.6) is 0 Å². The molecule has 6 nitrogen and oxygen atoms in total. The van der Waals surface area contributed by atoms with Crippen molar-refractivity contribution >= 4 is 42.3 Å². The Morgan fingerprint density at radius 2 is 1.81 bits per heavy atom. The van der Waals surface area contributed by atoms with Crippen LogP contribution in [0.2, 0.25) is 0 Å². The summed E-state index contributed by atoms with van der Waals surface area (Å²) in [4.78, 5) is 22.3. The van der Waals surface area contributed by atoms with E-state index in [2.05, 4.69) is 20.2 Å². The van der Waals surface area contributed by atoms with Gasteiger partial charge in [0.05, 0.1) is 11.8 Å². The van der Waals surface area contributed by atoms with E-state index in [4.69, 9.17) is 0 Å². The average molecular weight is 413 g/mol. The minimum absolute atomic E-state index is 0. The highest BCUT2D eigenvalue weighted by Crippen LogP contribution is 2.29. The maximum atomic E-state index is 11.6. The SMILES string of the molecule is Cc1cc(C)c(C(=O)O)c(C)c1NC1CCN(c2cnccn2)CC1.Cl.Cl. The molecule has 2 aromatic rings. The first kappa shape index (κ1) is 23.0. The fraction of sp³-hybridized carbons (Fsp3) is 0.421. The first-order valence-corrected chi connectivity index (χ1v) is 8.59. The van der Waals surface area contributed by atoms with E-state index in [-0.39, 0.29) is 24.8 Å². The number of hydrogen-bond donors (Lipinski definition) is 2. The number of benzene rings is 1. The summed E-state index contributed by atoms with van der Waals surface area (Å²) in [7, 11) is 0. The number of hydrogen-bond acceptors (Lipinski definition) is 5. The van der Waals surface area contributed by atoms with Crippen molar-refractivity contribution < 1.29 is 9.90 Å². The van der Waals surface area contributed by atoms with Crippen LogP contribution in [0.15, 0.2) is 24.7 Å². The maximum Gasteiger partial charge on any atom is 0.336 e. The van der Waals surface area contributed by atoms with Gasteiger partial charge >= 0.3 is 5.97 Å². The number of aryl methyl sites for hydroxylation is 2. The van der Waals surface area contributed by atoms with Crippen molar-refractivity contribution in [2.45, 2.75) is 39.7 Å². The molecule has 0 radical (unpaired) electrons. The molecule has 0 saturated carbocycles. The third-order valence-corrected chi connectivity index (χ3v) is 4.90. The molecule has 8 heteroatoms. The zero-order valence-electron chi connectivity index (χ0n) is 15.7. The predicted octanol–water partition coefficient (Wildman–Crippen LogP) is 4.02. The molecule has 1 aromatic carbocycles. The third kappa shape index (κ3) is 5.02. The van der Waals surface area contributed by atoms with Crippen LogP contribution in [0.3, 0.4) is 0 Å². The molecule has 3 rings (SSSR count). The minimum atomic E-state index is -0.865. The Labute approximate surface area is 172 Å². The number of nitrogens with zero attached hydrogens (tertiary/aromatic N) is 3. The number of piperidine rings is 1. The molecule has 0 spiro atoms. The largest absolute Gasteiger partial charge is 0.478 e. The number of aromatic nitrogens is 2. The van der Waals surface area contributed by atoms with E-state index in [1.807, 2.05) is 26.8 Å². The highest BCUT2D eigenvalue weighted by Gasteiger charge is 2.23. The van der Waals surface area contributed by atoms with Gasteiger partial charge in [0.2, 0.25) is 0 Å². The molecular formula is C19H26Cl2N4O2. The van der Waals surface area contributed by atoms with Crippen LogP contribution in [0, 0.1) is 20.8 Å². The summed E-state index contributed by atoms with van der Waals surface area (Å²) in [6.45, 7) is 7.59. The van der Waals surface area contributed by atoms with Gasteiger partial charge in [-0.1, -0.05) is 6.07 Å². The first-order valence-electron chi connectivity index (χ1n) is 8.59. The summed E-state index contributed by atoms with van der Waals surface area (Å²) >= 11 is 0. The average Bonchev–Trinajstić information content (AvgIpc) is 2.59. The summed E-state index contributed by atoms with van der Waals surface area (Å²) in [5.41, 5.74) is 4.09. The lowest BCUT2D eigenvalue weighted by molar-refractivity contribution is 0.0695. The molecule has 0 amide bonds. The summed E-state index contributed by atoms with van der Waals surface area (Å²) in [6.07, 6.45) is 7.14. The second-order valence-electron chi connectivity index (χ2n) is 6.66. The molecule has 0 atom stereocenters. The van der Waals surface area contributed by atoms with Gasteiger partial charge in [0.25, 0.3) is 0 Å². The van der Waals surface area contributed by atoms with Gasteiger partial charge in [0, 0.05) is 37.2 Å². The van der Waals surface area contributed by atoms with Crippen LogP contribution >= 0.6 is 24.8 Å². The van der Waals surface area contributed by atoms with Crippen molar-refractivity contribution in [2.24, 2.45) is 0 Å². The lowest BCUT2D eigenvalue weighted by Gasteiger charge is -2.34. The van der Waals surface area contributed by atoms with Crippen LogP contribution in [-0.4, -0.2) is 40.2 Å². The Kier molecular flexibility index (Phi) is 8.31. The number of nitrogens with one attached hydrogen (secondary N) is 1. The number of carboxylic acids is 1. The van der Waals surface area contributed by atoms with Crippen LogP contribution < -0.4 is 10.2 Å². The Hall–Kier alpha value is -2.05. The molecule has 1 aliphatic heterocycles. The standard InChI is InChI=1S/C19H24N4O2.2ClH/c1-12-10-13(2)18(14(3)17(12)19(24)25)22-15-4-8-23(9-5-15)16-11-20-6-7-21-16;;/h6-7,10-11,15,22H,4-5,8-9H2,1-3H3,(H,24,25);2*1H. The fourth-order valence-electron chi connectivity index (χ4n) is 3.65. The third-order valence-electron chi connectivity index (χ3n) is 4.90.